The topological polar surface area (TPSA) is 83.0 Å². The molecule has 2 aromatic rings. The van der Waals surface area contributed by atoms with Gasteiger partial charge >= 0.3 is 0 Å². The Kier molecular flexibility index (Phi) is 6.97. The average Bonchev–Trinajstić information content (AvgIpc) is 3.39. The number of carbonyl (C=O) groups is 3. The molecule has 0 bridgehead atoms. The van der Waals surface area contributed by atoms with Crippen molar-refractivity contribution in [1.29, 1.82) is 0 Å². The van der Waals surface area contributed by atoms with Gasteiger partial charge in [-0.15, -0.1) is 11.3 Å². The van der Waals surface area contributed by atoms with Gasteiger partial charge in [0.2, 0.25) is 11.8 Å². The SMILES string of the molecule is O=C(CNC(=O)c1cccs1)NCC(=O)N1CC[NH+](Cc2ccsc2)CC1. The predicted molar refractivity (Wildman–Crippen MR) is 105 cm³/mol. The van der Waals surface area contributed by atoms with E-state index in [2.05, 4.69) is 27.5 Å². The standard InChI is InChI=1S/C18H22N4O3S2/c23-16(10-20-18(25)15-2-1-8-27-15)19-11-17(24)22-6-4-21(5-7-22)12-14-3-9-26-13-14/h1-3,8-9,13H,4-7,10-12H2,(H,19,23)(H,20,25)/p+1. The Morgan fingerprint density at radius 3 is 2.56 bits per heavy atom. The van der Waals surface area contributed by atoms with Gasteiger partial charge in [-0.25, -0.2) is 0 Å². The number of nitrogens with one attached hydrogen (secondary N) is 3. The van der Waals surface area contributed by atoms with Crippen molar-refractivity contribution in [2.24, 2.45) is 0 Å². The van der Waals surface area contributed by atoms with Crippen LogP contribution in [0.15, 0.2) is 34.3 Å². The van der Waals surface area contributed by atoms with Gasteiger partial charge in [-0.2, -0.15) is 11.3 Å². The Labute approximate surface area is 166 Å². The normalized spacial score (nSPS) is 14.7. The summed E-state index contributed by atoms with van der Waals surface area (Å²) in [7, 11) is 0. The van der Waals surface area contributed by atoms with Gasteiger partial charge in [0.1, 0.15) is 6.54 Å². The van der Waals surface area contributed by atoms with E-state index in [0.29, 0.717) is 18.0 Å². The Balaban J connectivity index is 1.32. The molecule has 3 heterocycles. The van der Waals surface area contributed by atoms with Crippen molar-refractivity contribution in [2.75, 3.05) is 39.3 Å². The molecule has 9 heteroatoms. The zero-order chi connectivity index (χ0) is 19.1. The minimum absolute atomic E-state index is 0.0342. The van der Waals surface area contributed by atoms with Crippen LogP contribution in [0.2, 0.25) is 0 Å². The molecule has 144 valence electrons. The molecule has 1 aliphatic rings. The highest BCUT2D eigenvalue weighted by atomic mass is 32.1. The van der Waals surface area contributed by atoms with Gasteiger partial charge in [0.25, 0.3) is 5.91 Å². The Morgan fingerprint density at radius 1 is 1.07 bits per heavy atom. The summed E-state index contributed by atoms with van der Waals surface area (Å²) in [5.74, 6) is -0.728. The minimum Gasteiger partial charge on any atom is -0.345 e. The molecule has 0 aliphatic carbocycles. The molecule has 0 saturated carbocycles. The monoisotopic (exact) mass is 407 g/mol. The molecule has 0 atom stereocenters. The quantitative estimate of drug-likeness (QED) is 0.583. The lowest BCUT2D eigenvalue weighted by Gasteiger charge is -2.32. The predicted octanol–water partition coefficient (Wildman–Crippen LogP) is -0.417. The Morgan fingerprint density at radius 2 is 1.89 bits per heavy atom. The third kappa shape index (κ3) is 5.88. The van der Waals surface area contributed by atoms with Crippen molar-refractivity contribution in [3.63, 3.8) is 0 Å². The molecular formula is C18H23N4O3S2+. The first kappa shape index (κ1) is 19.5. The zero-order valence-corrected chi connectivity index (χ0v) is 16.5. The maximum Gasteiger partial charge on any atom is 0.261 e. The first-order chi connectivity index (χ1) is 13.1. The number of piperazine rings is 1. The summed E-state index contributed by atoms with van der Waals surface area (Å²) in [6.45, 7) is 4.04. The molecule has 0 spiro atoms. The third-order valence-corrected chi connectivity index (χ3v) is 6.05. The number of hydrogen-bond acceptors (Lipinski definition) is 5. The summed E-state index contributed by atoms with van der Waals surface area (Å²) >= 11 is 3.02. The number of quaternary nitrogens is 1. The summed E-state index contributed by atoms with van der Waals surface area (Å²) in [5, 5.41) is 11.2. The van der Waals surface area contributed by atoms with E-state index in [1.807, 2.05) is 0 Å². The van der Waals surface area contributed by atoms with Crippen molar-refractivity contribution in [3.8, 4) is 0 Å². The summed E-state index contributed by atoms with van der Waals surface area (Å²) in [5.41, 5.74) is 1.34. The van der Waals surface area contributed by atoms with Gasteiger partial charge in [0.15, 0.2) is 0 Å². The number of nitrogens with zero attached hydrogens (tertiary/aromatic N) is 1. The first-order valence-corrected chi connectivity index (χ1v) is 10.6. The number of amides is 3. The van der Waals surface area contributed by atoms with Crippen LogP contribution < -0.4 is 15.5 Å². The first-order valence-electron chi connectivity index (χ1n) is 8.82. The van der Waals surface area contributed by atoms with Crippen LogP contribution in [-0.2, 0) is 16.1 Å². The van der Waals surface area contributed by atoms with Gasteiger partial charge in [-0.3, -0.25) is 14.4 Å². The second-order valence-corrected chi connectivity index (χ2v) is 8.10. The van der Waals surface area contributed by atoms with Crippen LogP contribution in [-0.4, -0.2) is 61.9 Å². The number of rotatable bonds is 7. The van der Waals surface area contributed by atoms with Crippen LogP contribution >= 0.6 is 22.7 Å². The summed E-state index contributed by atoms with van der Waals surface area (Å²) in [4.78, 5) is 39.7. The molecule has 7 nitrogen and oxygen atoms in total. The highest BCUT2D eigenvalue weighted by Crippen LogP contribution is 2.07. The minimum atomic E-state index is -0.366. The molecule has 3 N–H and O–H groups in total. The fraction of sp³-hybridized carbons (Fsp3) is 0.389. The Hall–Kier alpha value is -2.23. The smallest absolute Gasteiger partial charge is 0.261 e. The van der Waals surface area contributed by atoms with E-state index in [4.69, 9.17) is 0 Å². The maximum absolute atomic E-state index is 12.3. The molecule has 1 aliphatic heterocycles. The highest BCUT2D eigenvalue weighted by molar-refractivity contribution is 7.12. The van der Waals surface area contributed by atoms with Crippen LogP contribution in [0.1, 0.15) is 15.2 Å². The van der Waals surface area contributed by atoms with E-state index in [9.17, 15) is 14.4 Å². The van der Waals surface area contributed by atoms with Crippen molar-refractivity contribution in [1.82, 2.24) is 15.5 Å². The fourth-order valence-electron chi connectivity index (χ4n) is 2.93. The van der Waals surface area contributed by atoms with Gasteiger partial charge < -0.3 is 20.4 Å². The van der Waals surface area contributed by atoms with Gasteiger partial charge in [0.05, 0.1) is 44.1 Å². The van der Waals surface area contributed by atoms with Crippen LogP contribution in [0.4, 0.5) is 0 Å². The van der Waals surface area contributed by atoms with Gasteiger partial charge in [-0.1, -0.05) is 6.07 Å². The van der Waals surface area contributed by atoms with E-state index in [-0.39, 0.29) is 30.8 Å². The van der Waals surface area contributed by atoms with Crippen molar-refractivity contribution >= 4 is 40.4 Å². The lowest BCUT2D eigenvalue weighted by atomic mass is 10.2. The van der Waals surface area contributed by atoms with E-state index in [1.165, 1.54) is 21.8 Å². The number of hydrogen-bond donors (Lipinski definition) is 3. The van der Waals surface area contributed by atoms with Crippen molar-refractivity contribution in [3.05, 3.63) is 44.8 Å². The molecule has 0 aromatic carbocycles. The molecular weight excluding hydrogens is 384 g/mol. The largest absolute Gasteiger partial charge is 0.345 e. The summed E-state index contributed by atoms with van der Waals surface area (Å²) in [6.07, 6.45) is 0. The molecule has 27 heavy (non-hydrogen) atoms. The lowest BCUT2D eigenvalue weighted by Crippen LogP contribution is -3.13. The molecule has 1 saturated heterocycles. The lowest BCUT2D eigenvalue weighted by molar-refractivity contribution is -0.917. The molecule has 0 radical (unpaired) electrons. The Bertz CT molecular complexity index is 754. The van der Waals surface area contributed by atoms with E-state index < -0.39 is 0 Å². The number of thiophene rings is 2. The molecule has 3 rings (SSSR count). The van der Waals surface area contributed by atoms with E-state index >= 15 is 0 Å². The van der Waals surface area contributed by atoms with Crippen molar-refractivity contribution in [2.45, 2.75) is 6.54 Å². The highest BCUT2D eigenvalue weighted by Gasteiger charge is 2.24. The van der Waals surface area contributed by atoms with Crippen LogP contribution in [0.5, 0.6) is 0 Å². The van der Waals surface area contributed by atoms with Crippen LogP contribution in [0, 0.1) is 0 Å². The second-order valence-electron chi connectivity index (χ2n) is 6.38. The third-order valence-electron chi connectivity index (χ3n) is 4.45. The molecule has 0 unspecified atom stereocenters. The van der Waals surface area contributed by atoms with Gasteiger partial charge in [0, 0.05) is 5.56 Å². The maximum atomic E-state index is 12.3. The second kappa shape index (κ2) is 9.63. The van der Waals surface area contributed by atoms with E-state index in [1.54, 1.807) is 33.7 Å². The van der Waals surface area contributed by atoms with Crippen LogP contribution in [0.25, 0.3) is 0 Å². The van der Waals surface area contributed by atoms with Crippen molar-refractivity contribution < 1.29 is 19.3 Å². The molecule has 1 fully saturated rings. The van der Waals surface area contributed by atoms with E-state index in [0.717, 1.165) is 19.6 Å². The van der Waals surface area contributed by atoms with Gasteiger partial charge in [-0.05, 0) is 28.3 Å². The van der Waals surface area contributed by atoms with Crippen LogP contribution in [0.3, 0.4) is 0 Å². The zero-order valence-electron chi connectivity index (χ0n) is 14.9. The molecule has 3 amide bonds. The average molecular weight is 408 g/mol. The summed E-state index contributed by atoms with van der Waals surface area (Å²) in [6, 6.07) is 5.61. The fourth-order valence-corrected chi connectivity index (χ4v) is 4.24. The molecule has 2 aromatic heterocycles. The summed E-state index contributed by atoms with van der Waals surface area (Å²) < 4.78 is 0. The number of carbonyl (C=O) groups excluding carboxylic acids is 3.